The molecule has 3 aromatic carbocycles. The molecule has 0 fully saturated rings. The van der Waals surface area contributed by atoms with E-state index in [0.717, 1.165) is 22.4 Å². The van der Waals surface area contributed by atoms with Gasteiger partial charge in [0.1, 0.15) is 0 Å². The molecule has 1 heterocycles. The van der Waals surface area contributed by atoms with E-state index in [1.165, 1.54) is 19.1 Å². The molecule has 0 aliphatic rings. The summed E-state index contributed by atoms with van der Waals surface area (Å²) in [5.74, 6) is -3.07. The van der Waals surface area contributed by atoms with Crippen LogP contribution in [0.5, 0.6) is 0 Å². The molecule has 1 amide bonds. The van der Waals surface area contributed by atoms with E-state index in [1.54, 1.807) is 18.3 Å². The van der Waals surface area contributed by atoms with Gasteiger partial charge in [-0.1, -0.05) is 73.1 Å². The number of anilines is 1. The molecule has 1 N–H and O–H groups in total. The summed E-state index contributed by atoms with van der Waals surface area (Å²) in [6.45, 7) is 1.44. The lowest BCUT2D eigenvalue weighted by Crippen LogP contribution is -2.15. The molecule has 1 aromatic heterocycles. The number of hydrogen-bond acceptors (Lipinski definition) is 2. The maximum absolute atomic E-state index is 13.8. The van der Waals surface area contributed by atoms with Gasteiger partial charge in [0.05, 0.1) is 12.1 Å². The number of nitrogens with one attached hydrogen (secondary N) is 1. The number of amides is 1. The first kappa shape index (κ1) is 23.6. The average Bonchev–Trinajstić information content (AvgIpc) is 2.85. The summed E-state index contributed by atoms with van der Waals surface area (Å²) in [7, 11) is 0. The topological polar surface area (TPSA) is 42.0 Å². The van der Waals surface area contributed by atoms with Gasteiger partial charge in [-0.2, -0.15) is 0 Å². The lowest BCUT2D eigenvalue weighted by atomic mass is 9.99. The molecule has 0 radical (unpaired) electrons. The Labute approximate surface area is 202 Å². The SMILES string of the molecule is CCC(F)(F)c1ccc(CC(=O)Nc2ccc(-c3cccnc3-c3ccc(Cl)cc3)cc2)cc1. The zero-order valence-electron chi connectivity index (χ0n) is 18.6. The quantitative estimate of drug-likeness (QED) is 0.296. The zero-order valence-corrected chi connectivity index (χ0v) is 19.3. The van der Waals surface area contributed by atoms with Crippen LogP contribution < -0.4 is 5.32 Å². The number of halogens is 3. The standard InChI is InChI=1S/C28H23ClF2N2O/c1-2-28(30,31)22-11-5-19(6-12-22)18-26(34)33-24-15-9-20(10-16-24)25-4-3-17-32-27(25)21-7-13-23(29)14-8-21/h3-17H,2,18H2,1H3,(H,33,34). The Hall–Kier alpha value is -3.57. The Balaban J connectivity index is 1.45. The Bertz CT molecular complexity index is 1270. The lowest BCUT2D eigenvalue weighted by Gasteiger charge is -2.14. The summed E-state index contributed by atoms with van der Waals surface area (Å²) in [5, 5.41) is 3.52. The van der Waals surface area contributed by atoms with Gasteiger partial charge in [0.15, 0.2) is 0 Å². The van der Waals surface area contributed by atoms with Crippen molar-refractivity contribution in [1.29, 1.82) is 0 Å². The van der Waals surface area contributed by atoms with Crippen LogP contribution in [0.25, 0.3) is 22.4 Å². The first-order chi connectivity index (χ1) is 16.4. The predicted octanol–water partition coefficient (Wildman–Crippen LogP) is 7.75. The second kappa shape index (κ2) is 10.1. The summed E-state index contributed by atoms with van der Waals surface area (Å²) in [6.07, 6.45) is 1.59. The normalized spacial score (nSPS) is 11.3. The maximum Gasteiger partial charge on any atom is 0.273 e. The number of nitrogens with zero attached hydrogens (tertiary/aromatic N) is 1. The van der Waals surface area contributed by atoms with Crippen molar-refractivity contribution >= 4 is 23.2 Å². The third kappa shape index (κ3) is 5.49. The number of pyridine rings is 1. The van der Waals surface area contributed by atoms with Gasteiger partial charge in [-0.15, -0.1) is 0 Å². The molecule has 3 nitrogen and oxygen atoms in total. The maximum atomic E-state index is 13.8. The molecule has 0 bridgehead atoms. The highest BCUT2D eigenvalue weighted by molar-refractivity contribution is 6.30. The lowest BCUT2D eigenvalue weighted by molar-refractivity contribution is -0.115. The molecule has 0 atom stereocenters. The minimum Gasteiger partial charge on any atom is -0.326 e. The largest absolute Gasteiger partial charge is 0.326 e. The van der Waals surface area contributed by atoms with Gasteiger partial charge in [-0.25, -0.2) is 8.78 Å². The molecule has 172 valence electrons. The minimum atomic E-state index is -2.86. The van der Waals surface area contributed by atoms with Gasteiger partial charge in [0.25, 0.3) is 5.92 Å². The number of rotatable bonds is 7. The first-order valence-electron chi connectivity index (χ1n) is 10.9. The number of alkyl halides is 2. The molecule has 4 aromatic rings. The van der Waals surface area contributed by atoms with Crippen LogP contribution in [0, 0.1) is 0 Å². The third-order valence-corrected chi connectivity index (χ3v) is 5.84. The third-order valence-electron chi connectivity index (χ3n) is 5.59. The summed E-state index contributed by atoms with van der Waals surface area (Å²) in [6, 6.07) is 24.8. The smallest absolute Gasteiger partial charge is 0.273 e. The van der Waals surface area contributed by atoms with E-state index >= 15 is 0 Å². The van der Waals surface area contributed by atoms with Crippen molar-refractivity contribution < 1.29 is 13.6 Å². The summed E-state index contributed by atoms with van der Waals surface area (Å²) in [4.78, 5) is 17.0. The van der Waals surface area contributed by atoms with Crippen molar-refractivity contribution in [2.45, 2.75) is 25.7 Å². The van der Waals surface area contributed by atoms with Crippen LogP contribution in [-0.4, -0.2) is 10.9 Å². The second-order valence-corrected chi connectivity index (χ2v) is 8.40. The van der Waals surface area contributed by atoms with E-state index in [2.05, 4.69) is 10.3 Å². The Morgan fingerprint density at radius 3 is 2.21 bits per heavy atom. The number of carbonyl (C=O) groups excluding carboxylic acids is 1. The van der Waals surface area contributed by atoms with Crippen LogP contribution in [0.2, 0.25) is 5.02 Å². The molecule has 0 saturated heterocycles. The highest BCUT2D eigenvalue weighted by Crippen LogP contribution is 2.32. The first-order valence-corrected chi connectivity index (χ1v) is 11.3. The Morgan fingerprint density at radius 1 is 0.912 bits per heavy atom. The zero-order chi connectivity index (χ0) is 24.1. The van der Waals surface area contributed by atoms with Crippen LogP contribution >= 0.6 is 11.6 Å². The van der Waals surface area contributed by atoms with E-state index in [-0.39, 0.29) is 24.3 Å². The predicted molar refractivity (Wildman–Crippen MR) is 133 cm³/mol. The number of carbonyl (C=O) groups is 1. The van der Waals surface area contributed by atoms with Gasteiger partial charge in [-0.05, 0) is 41.5 Å². The van der Waals surface area contributed by atoms with Gasteiger partial charge in [-0.3, -0.25) is 9.78 Å². The fraction of sp³-hybridized carbons (Fsp3) is 0.143. The van der Waals surface area contributed by atoms with Crippen LogP contribution in [0.3, 0.4) is 0 Å². The fourth-order valence-electron chi connectivity index (χ4n) is 3.67. The fourth-order valence-corrected chi connectivity index (χ4v) is 3.80. The van der Waals surface area contributed by atoms with Gasteiger partial charge < -0.3 is 5.32 Å². The molecular formula is C28H23ClF2N2O. The van der Waals surface area contributed by atoms with E-state index in [1.807, 2.05) is 60.7 Å². The average molecular weight is 477 g/mol. The highest BCUT2D eigenvalue weighted by Gasteiger charge is 2.28. The number of aromatic nitrogens is 1. The monoisotopic (exact) mass is 476 g/mol. The van der Waals surface area contributed by atoms with E-state index in [4.69, 9.17) is 11.6 Å². The molecular weight excluding hydrogens is 454 g/mol. The summed E-state index contributed by atoms with van der Waals surface area (Å²) in [5.41, 5.74) is 5.01. The number of hydrogen-bond donors (Lipinski definition) is 1. The van der Waals surface area contributed by atoms with E-state index in [0.29, 0.717) is 16.3 Å². The highest BCUT2D eigenvalue weighted by atomic mass is 35.5. The molecule has 0 saturated carbocycles. The van der Waals surface area contributed by atoms with E-state index in [9.17, 15) is 13.6 Å². The second-order valence-electron chi connectivity index (χ2n) is 7.96. The molecule has 0 aliphatic heterocycles. The van der Waals surface area contributed by atoms with Crippen molar-refractivity contribution in [1.82, 2.24) is 4.98 Å². The van der Waals surface area contributed by atoms with Crippen molar-refractivity contribution in [3.8, 4) is 22.4 Å². The van der Waals surface area contributed by atoms with Crippen molar-refractivity contribution in [3.63, 3.8) is 0 Å². The van der Waals surface area contributed by atoms with Crippen LogP contribution in [0.1, 0.15) is 24.5 Å². The summed E-state index contributed by atoms with van der Waals surface area (Å²) < 4.78 is 27.5. The Kier molecular flexibility index (Phi) is 7.03. The molecule has 6 heteroatoms. The van der Waals surface area contributed by atoms with Crippen molar-refractivity contribution in [3.05, 3.63) is 107 Å². The van der Waals surface area contributed by atoms with Gasteiger partial charge >= 0.3 is 0 Å². The summed E-state index contributed by atoms with van der Waals surface area (Å²) >= 11 is 6.01. The van der Waals surface area contributed by atoms with Gasteiger partial charge in [0.2, 0.25) is 5.91 Å². The molecule has 4 rings (SSSR count). The van der Waals surface area contributed by atoms with Crippen LogP contribution in [-0.2, 0) is 17.1 Å². The molecule has 0 unspecified atom stereocenters. The van der Waals surface area contributed by atoms with Crippen molar-refractivity contribution in [2.75, 3.05) is 5.32 Å². The molecule has 34 heavy (non-hydrogen) atoms. The molecule has 0 spiro atoms. The van der Waals surface area contributed by atoms with Crippen molar-refractivity contribution in [2.24, 2.45) is 0 Å². The number of benzene rings is 3. The Morgan fingerprint density at radius 2 is 1.56 bits per heavy atom. The minimum absolute atomic E-state index is 0.0388. The van der Waals surface area contributed by atoms with Crippen LogP contribution in [0.4, 0.5) is 14.5 Å². The van der Waals surface area contributed by atoms with E-state index < -0.39 is 5.92 Å². The van der Waals surface area contributed by atoms with Crippen LogP contribution in [0.15, 0.2) is 91.1 Å². The van der Waals surface area contributed by atoms with Gasteiger partial charge in [0, 0.05) is 40.0 Å². The molecule has 0 aliphatic carbocycles.